The first kappa shape index (κ1) is 18.0. The van der Waals surface area contributed by atoms with E-state index in [1.807, 2.05) is 0 Å². The zero-order valence-corrected chi connectivity index (χ0v) is 14.9. The molecule has 0 spiro atoms. The summed E-state index contributed by atoms with van der Waals surface area (Å²) in [7, 11) is 1.54. The number of nitrogens with zero attached hydrogens (tertiary/aromatic N) is 1. The van der Waals surface area contributed by atoms with Crippen molar-refractivity contribution in [3.63, 3.8) is 0 Å². The maximum atomic E-state index is 12.4. The number of likely N-dealkylation sites (tertiary alicyclic amines) is 1. The third kappa shape index (κ3) is 4.64. The summed E-state index contributed by atoms with van der Waals surface area (Å²) in [5, 5.41) is 12.9. The Hall–Kier alpha value is -1.79. The highest BCUT2D eigenvalue weighted by atomic mass is 16.5. The first-order valence-corrected chi connectivity index (χ1v) is 9.14. The first-order chi connectivity index (χ1) is 12.2. The van der Waals surface area contributed by atoms with Crippen LogP contribution >= 0.6 is 0 Å². The minimum absolute atomic E-state index is 0.0224. The molecule has 25 heavy (non-hydrogen) atoms. The third-order valence-electron chi connectivity index (χ3n) is 5.26. The Morgan fingerprint density at radius 1 is 1.36 bits per heavy atom. The molecule has 0 bridgehead atoms. The van der Waals surface area contributed by atoms with Gasteiger partial charge < -0.3 is 19.9 Å². The lowest BCUT2D eigenvalue weighted by Crippen LogP contribution is -2.47. The molecule has 0 radical (unpaired) electrons. The fraction of sp³-hybridized carbons (Fsp3) is 0.632. The summed E-state index contributed by atoms with van der Waals surface area (Å²) in [6.07, 6.45) is 4.51. The molecule has 0 unspecified atom stereocenters. The molecule has 0 saturated carbocycles. The van der Waals surface area contributed by atoms with Gasteiger partial charge in [0, 0.05) is 32.3 Å². The third-order valence-corrected chi connectivity index (χ3v) is 5.26. The fourth-order valence-corrected chi connectivity index (χ4v) is 3.80. The van der Waals surface area contributed by atoms with Crippen LogP contribution in [0, 0.1) is 5.92 Å². The van der Waals surface area contributed by atoms with Gasteiger partial charge in [0.1, 0.15) is 11.5 Å². The van der Waals surface area contributed by atoms with E-state index in [2.05, 4.69) is 10.2 Å². The van der Waals surface area contributed by atoms with E-state index in [9.17, 15) is 9.90 Å². The maximum Gasteiger partial charge on any atom is 0.255 e. The number of rotatable bonds is 5. The highest BCUT2D eigenvalue weighted by Gasteiger charge is 2.27. The van der Waals surface area contributed by atoms with Gasteiger partial charge in [0.2, 0.25) is 0 Å². The molecular weight excluding hydrogens is 320 g/mol. The smallest absolute Gasteiger partial charge is 0.255 e. The van der Waals surface area contributed by atoms with Crippen LogP contribution in [0.5, 0.6) is 11.5 Å². The van der Waals surface area contributed by atoms with Crippen molar-refractivity contribution >= 4 is 5.91 Å². The minimum Gasteiger partial charge on any atom is -0.507 e. The second-order valence-corrected chi connectivity index (χ2v) is 6.94. The predicted octanol–water partition coefficient (Wildman–Crippen LogP) is 2.02. The molecule has 1 atom stereocenters. The first-order valence-electron chi connectivity index (χ1n) is 9.14. The standard InChI is InChI=1S/C19H28N2O4/c1-24-16-4-5-18(22)17(11-16)19(23)20-12-14-3-2-8-21(13-14)15-6-9-25-10-7-15/h4-5,11,14-15,22H,2-3,6-10,12-13H2,1H3,(H,20,23)/t14-/m0/s1. The molecule has 1 aromatic carbocycles. The number of amides is 1. The van der Waals surface area contributed by atoms with Crippen LogP contribution in [-0.2, 0) is 4.74 Å². The van der Waals surface area contributed by atoms with Crippen molar-refractivity contribution in [3.8, 4) is 11.5 Å². The van der Waals surface area contributed by atoms with Gasteiger partial charge in [-0.1, -0.05) is 0 Å². The number of nitrogens with one attached hydrogen (secondary N) is 1. The molecule has 6 heteroatoms. The topological polar surface area (TPSA) is 71.0 Å². The van der Waals surface area contributed by atoms with Gasteiger partial charge in [0.15, 0.2) is 0 Å². The SMILES string of the molecule is COc1ccc(O)c(C(=O)NC[C@@H]2CCCN(C3CCOCC3)C2)c1. The number of ether oxygens (including phenoxy) is 2. The van der Waals surface area contributed by atoms with Gasteiger partial charge in [-0.15, -0.1) is 0 Å². The van der Waals surface area contributed by atoms with Gasteiger partial charge in [0.25, 0.3) is 5.91 Å². The zero-order valence-electron chi connectivity index (χ0n) is 14.9. The Morgan fingerprint density at radius 3 is 2.92 bits per heavy atom. The van der Waals surface area contributed by atoms with Crippen LogP contribution in [0.2, 0.25) is 0 Å². The number of phenolic OH excluding ortho intramolecular Hbond substituents is 1. The second-order valence-electron chi connectivity index (χ2n) is 6.94. The number of phenols is 1. The number of carbonyl (C=O) groups is 1. The second kappa shape index (κ2) is 8.54. The Bertz CT molecular complexity index is 587. The summed E-state index contributed by atoms with van der Waals surface area (Å²) in [5.41, 5.74) is 0.261. The van der Waals surface area contributed by atoms with Crippen molar-refractivity contribution in [1.82, 2.24) is 10.2 Å². The van der Waals surface area contributed by atoms with Crippen LogP contribution < -0.4 is 10.1 Å². The van der Waals surface area contributed by atoms with Gasteiger partial charge in [-0.05, 0) is 56.3 Å². The molecule has 138 valence electrons. The molecule has 2 saturated heterocycles. The van der Waals surface area contributed by atoms with Gasteiger partial charge in [0.05, 0.1) is 12.7 Å². The summed E-state index contributed by atoms with van der Waals surface area (Å²) < 4.78 is 10.6. The Balaban J connectivity index is 1.53. The van der Waals surface area contributed by atoms with Crippen LogP contribution in [0.4, 0.5) is 0 Å². The predicted molar refractivity (Wildman–Crippen MR) is 95.1 cm³/mol. The molecule has 6 nitrogen and oxygen atoms in total. The summed E-state index contributed by atoms with van der Waals surface area (Å²) in [4.78, 5) is 15.0. The van der Waals surface area contributed by atoms with Gasteiger partial charge >= 0.3 is 0 Å². The molecule has 0 aliphatic carbocycles. The van der Waals surface area contributed by atoms with E-state index in [-0.39, 0.29) is 17.2 Å². The molecule has 1 aromatic rings. The van der Waals surface area contributed by atoms with Crippen LogP contribution in [-0.4, -0.2) is 61.9 Å². The normalized spacial score (nSPS) is 22.5. The van der Waals surface area contributed by atoms with Crippen molar-refractivity contribution in [2.24, 2.45) is 5.92 Å². The Kier molecular flexibility index (Phi) is 6.15. The maximum absolute atomic E-state index is 12.4. The van der Waals surface area contributed by atoms with Crippen molar-refractivity contribution < 1.29 is 19.4 Å². The van der Waals surface area contributed by atoms with Crippen molar-refractivity contribution in [2.75, 3.05) is 40.0 Å². The number of hydrogen-bond acceptors (Lipinski definition) is 5. The van der Waals surface area contributed by atoms with Crippen LogP contribution in [0.1, 0.15) is 36.0 Å². The quantitative estimate of drug-likeness (QED) is 0.852. The summed E-state index contributed by atoms with van der Waals surface area (Å²) >= 11 is 0. The summed E-state index contributed by atoms with van der Waals surface area (Å²) in [5.74, 6) is 0.741. The van der Waals surface area contributed by atoms with E-state index < -0.39 is 0 Å². The highest BCUT2D eigenvalue weighted by molar-refractivity contribution is 5.97. The van der Waals surface area contributed by atoms with E-state index in [4.69, 9.17) is 9.47 Å². The van der Waals surface area contributed by atoms with Crippen molar-refractivity contribution in [2.45, 2.75) is 31.7 Å². The van der Waals surface area contributed by atoms with Crippen molar-refractivity contribution in [1.29, 1.82) is 0 Å². The van der Waals surface area contributed by atoms with E-state index in [1.165, 1.54) is 12.5 Å². The van der Waals surface area contributed by atoms with Crippen molar-refractivity contribution in [3.05, 3.63) is 23.8 Å². The van der Waals surface area contributed by atoms with E-state index in [1.54, 1.807) is 19.2 Å². The van der Waals surface area contributed by atoms with Crippen LogP contribution in [0.3, 0.4) is 0 Å². The summed E-state index contributed by atoms with van der Waals surface area (Å²) in [6.45, 7) is 4.52. The molecule has 2 aliphatic rings. The van der Waals surface area contributed by atoms with Gasteiger partial charge in [-0.3, -0.25) is 9.69 Å². The molecule has 2 aliphatic heterocycles. The number of carbonyl (C=O) groups excluding carboxylic acids is 1. The molecule has 2 fully saturated rings. The lowest BCUT2D eigenvalue weighted by atomic mass is 9.94. The zero-order chi connectivity index (χ0) is 17.6. The van der Waals surface area contributed by atoms with Crippen LogP contribution in [0.15, 0.2) is 18.2 Å². The lowest BCUT2D eigenvalue weighted by Gasteiger charge is -2.40. The average molecular weight is 348 g/mol. The lowest BCUT2D eigenvalue weighted by molar-refractivity contribution is 0.0179. The van der Waals surface area contributed by atoms with Gasteiger partial charge in [-0.2, -0.15) is 0 Å². The highest BCUT2D eigenvalue weighted by Crippen LogP contribution is 2.24. The average Bonchev–Trinajstić information content (AvgIpc) is 2.67. The molecule has 1 amide bonds. The van der Waals surface area contributed by atoms with E-state index in [0.29, 0.717) is 24.3 Å². The van der Waals surface area contributed by atoms with E-state index >= 15 is 0 Å². The number of piperidine rings is 1. The van der Waals surface area contributed by atoms with Gasteiger partial charge in [-0.25, -0.2) is 0 Å². The largest absolute Gasteiger partial charge is 0.507 e. The Labute approximate surface area is 149 Å². The molecule has 3 rings (SSSR count). The number of aromatic hydroxyl groups is 1. The number of hydrogen-bond donors (Lipinski definition) is 2. The fourth-order valence-electron chi connectivity index (χ4n) is 3.80. The molecule has 0 aromatic heterocycles. The Morgan fingerprint density at radius 2 is 2.16 bits per heavy atom. The summed E-state index contributed by atoms with van der Waals surface area (Å²) in [6, 6.07) is 5.31. The monoisotopic (exact) mass is 348 g/mol. The molecule has 2 heterocycles. The number of methoxy groups -OCH3 is 1. The molecular formula is C19H28N2O4. The van der Waals surface area contributed by atoms with E-state index in [0.717, 1.165) is 45.6 Å². The van der Waals surface area contributed by atoms with Crippen LogP contribution in [0.25, 0.3) is 0 Å². The molecule has 2 N–H and O–H groups in total. The number of benzene rings is 1. The minimum atomic E-state index is -0.250.